The van der Waals surface area contributed by atoms with E-state index in [1.165, 1.54) is 0 Å². The highest BCUT2D eigenvalue weighted by Crippen LogP contribution is 2.35. The molecule has 0 aliphatic carbocycles. The minimum absolute atomic E-state index is 0.237. The number of nitrogens with zero attached hydrogens (tertiary/aromatic N) is 1. The molecule has 3 N–H and O–H groups in total. The third kappa shape index (κ3) is 4.36. The van der Waals surface area contributed by atoms with Crippen LogP contribution < -0.4 is 15.4 Å². The Hall–Kier alpha value is -1.96. The van der Waals surface area contributed by atoms with E-state index >= 15 is 0 Å². The number of phenolic OH excluding ortho intramolecular Hbond substituents is 1. The van der Waals surface area contributed by atoms with Gasteiger partial charge in [0.05, 0.1) is 23.0 Å². The Morgan fingerprint density at radius 2 is 2.04 bits per heavy atom. The van der Waals surface area contributed by atoms with E-state index in [-0.39, 0.29) is 5.75 Å². The number of benzene rings is 2. The average molecular weight is 376 g/mol. The van der Waals surface area contributed by atoms with Crippen LogP contribution in [-0.4, -0.2) is 42.6 Å². The molecule has 0 saturated carbocycles. The number of phenols is 1. The molecule has 0 aliphatic rings. The van der Waals surface area contributed by atoms with Gasteiger partial charge in [-0.1, -0.05) is 0 Å². The number of thiol groups is 1. The zero-order valence-corrected chi connectivity index (χ0v) is 15.7. The fourth-order valence-electron chi connectivity index (χ4n) is 2.46. The number of thiazole rings is 1. The predicted molar refractivity (Wildman–Crippen MR) is 108 cm³/mol. The van der Waals surface area contributed by atoms with Crippen molar-refractivity contribution in [3.63, 3.8) is 0 Å². The largest absolute Gasteiger partial charge is 0.506 e. The van der Waals surface area contributed by atoms with Crippen molar-refractivity contribution in [3.8, 4) is 22.1 Å². The summed E-state index contributed by atoms with van der Waals surface area (Å²) in [6.45, 7) is 2.40. The van der Waals surface area contributed by atoms with Crippen LogP contribution in [0.4, 0.5) is 5.69 Å². The molecule has 0 aliphatic heterocycles. The van der Waals surface area contributed by atoms with Crippen molar-refractivity contribution < 1.29 is 9.84 Å². The molecule has 2 aromatic carbocycles. The molecule has 3 rings (SSSR count). The maximum absolute atomic E-state index is 10.1. The summed E-state index contributed by atoms with van der Waals surface area (Å²) in [5.41, 5.74) is 2.63. The van der Waals surface area contributed by atoms with Crippen molar-refractivity contribution in [3.05, 3.63) is 36.4 Å². The number of fused-ring (bicyclic) bond motifs is 1. The molecule has 25 heavy (non-hydrogen) atoms. The number of aromatic hydroxyl groups is 1. The standard InChI is InChI=1S/C18H21N3O2S2/c1-23-13-3-4-14-17(11-13)25-18(21-14)12-2-5-16(22)15(10-12)20-7-6-19-8-9-24/h2-5,10-11,19-20,22,24H,6-9H2,1H3. The summed E-state index contributed by atoms with van der Waals surface area (Å²) < 4.78 is 6.35. The number of methoxy groups -OCH3 is 1. The van der Waals surface area contributed by atoms with Crippen LogP contribution in [0.2, 0.25) is 0 Å². The van der Waals surface area contributed by atoms with Gasteiger partial charge in [0.1, 0.15) is 16.5 Å². The van der Waals surface area contributed by atoms with E-state index in [1.807, 2.05) is 30.3 Å². The second-order valence-corrected chi connectivity index (χ2v) is 6.96. The first-order chi connectivity index (χ1) is 12.2. The summed E-state index contributed by atoms with van der Waals surface area (Å²) in [7, 11) is 1.66. The van der Waals surface area contributed by atoms with E-state index in [1.54, 1.807) is 24.5 Å². The first-order valence-corrected chi connectivity index (χ1v) is 9.49. The van der Waals surface area contributed by atoms with Crippen molar-refractivity contribution in [2.24, 2.45) is 0 Å². The molecule has 0 amide bonds. The van der Waals surface area contributed by atoms with Crippen LogP contribution in [0, 0.1) is 0 Å². The molecule has 0 fully saturated rings. The Kier molecular flexibility index (Phi) is 6.01. The maximum atomic E-state index is 10.1. The fourth-order valence-corrected chi connectivity index (χ4v) is 3.60. The van der Waals surface area contributed by atoms with Gasteiger partial charge >= 0.3 is 0 Å². The third-order valence-corrected chi connectivity index (χ3v) is 5.04. The molecule has 1 heterocycles. The van der Waals surface area contributed by atoms with E-state index in [0.717, 1.165) is 51.9 Å². The summed E-state index contributed by atoms with van der Waals surface area (Å²) in [4.78, 5) is 4.68. The highest BCUT2D eigenvalue weighted by molar-refractivity contribution is 7.80. The van der Waals surface area contributed by atoms with Crippen LogP contribution in [0.25, 0.3) is 20.8 Å². The summed E-state index contributed by atoms with van der Waals surface area (Å²) in [5, 5.41) is 17.5. The van der Waals surface area contributed by atoms with Crippen LogP contribution in [0.15, 0.2) is 36.4 Å². The molecule has 0 radical (unpaired) electrons. The molecular weight excluding hydrogens is 354 g/mol. The zero-order valence-electron chi connectivity index (χ0n) is 14.0. The van der Waals surface area contributed by atoms with Gasteiger partial charge in [-0.05, 0) is 36.4 Å². The van der Waals surface area contributed by atoms with Gasteiger partial charge in [-0.3, -0.25) is 0 Å². The quantitative estimate of drug-likeness (QED) is 0.275. The normalized spacial score (nSPS) is 11.0. The van der Waals surface area contributed by atoms with E-state index in [9.17, 15) is 5.11 Å². The lowest BCUT2D eigenvalue weighted by molar-refractivity contribution is 0.415. The number of aromatic nitrogens is 1. The van der Waals surface area contributed by atoms with Crippen LogP contribution in [-0.2, 0) is 0 Å². The first-order valence-electron chi connectivity index (χ1n) is 8.04. The maximum Gasteiger partial charge on any atom is 0.138 e. The van der Waals surface area contributed by atoms with Crippen molar-refractivity contribution in [1.29, 1.82) is 0 Å². The van der Waals surface area contributed by atoms with E-state index in [4.69, 9.17) is 4.74 Å². The van der Waals surface area contributed by atoms with Crippen molar-refractivity contribution in [2.45, 2.75) is 0 Å². The van der Waals surface area contributed by atoms with Gasteiger partial charge in [0.2, 0.25) is 0 Å². The second-order valence-electron chi connectivity index (χ2n) is 5.48. The average Bonchev–Trinajstić information content (AvgIpc) is 3.06. The topological polar surface area (TPSA) is 66.4 Å². The van der Waals surface area contributed by atoms with E-state index in [0.29, 0.717) is 5.69 Å². The number of hydrogen-bond donors (Lipinski definition) is 4. The highest BCUT2D eigenvalue weighted by atomic mass is 32.1. The van der Waals surface area contributed by atoms with Gasteiger partial charge < -0.3 is 20.5 Å². The number of nitrogens with one attached hydrogen (secondary N) is 2. The molecular formula is C18H21N3O2S2. The van der Waals surface area contributed by atoms with Crippen molar-refractivity contribution in [2.75, 3.05) is 37.8 Å². The lowest BCUT2D eigenvalue weighted by Gasteiger charge is -2.10. The molecule has 0 saturated heterocycles. The molecule has 5 nitrogen and oxygen atoms in total. The first kappa shape index (κ1) is 17.8. The SMILES string of the molecule is COc1ccc2nc(-c3ccc(O)c(NCCNCCS)c3)sc2c1. The lowest BCUT2D eigenvalue weighted by Crippen LogP contribution is -2.23. The summed E-state index contributed by atoms with van der Waals surface area (Å²) in [6.07, 6.45) is 0. The molecule has 1 aromatic heterocycles. The minimum Gasteiger partial charge on any atom is -0.506 e. The zero-order chi connectivity index (χ0) is 17.6. The Morgan fingerprint density at radius 1 is 1.16 bits per heavy atom. The van der Waals surface area contributed by atoms with Gasteiger partial charge in [-0.2, -0.15) is 12.6 Å². The van der Waals surface area contributed by atoms with Gasteiger partial charge in [0, 0.05) is 31.0 Å². The Labute approximate surface area is 156 Å². The second kappa shape index (κ2) is 8.42. The van der Waals surface area contributed by atoms with Crippen molar-refractivity contribution >= 4 is 39.9 Å². The van der Waals surface area contributed by atoms with Crippen LogP contribution in [0.1, 0.15) is 0 Å². The van der Waals surface area contributed by atoms with E-state index < -0.39 is 0 Å². The fraction of sp³-hybridized carbons (Fsp3) is 0.278. The van der Waals surface area contributed by atoms with Crippen molar-refractivity contribution in [1.82, 2.24) is 10.3 Å². The number of ether oxygens (including phenoxy) is 1. The van der Waals surface area contributed by atoms with E-state index in [2.05, 4.69) is 28.2 Å². The molecule has 0 spiro atoms. The Morgan fingerprint density at radius 3 is 2.84 bits per heavy atom. The number of hydrogen-bond acceptors (Lipinski definition) is 7. The third-order valence-electron chi connectivity index (χ3n) is 3.74. The monoisotopic (exact) mass is 375 g/mol. The summed E-state index contributed by atoms with van der Waals surface area (Å²) in [6, 6.07) is 11.4. The minimum atomic E-state index is 0.237. The van der Waals surface area contributed by atoms with Crippen LogP contribution >= 0.6 is 24.0 Å². The van der Waals surface area contributed by atoms with Gasteiger partial charge in [0.25, 0.3) is 0 Å². The highest BCUT2D eigenvalue weighted by Gasteiger charge is 2.10. The molecule has 0 bridgehead atoms. The molecule has 3 aromatic rings. The Balaban J connectivity index is 1.79. The van der Waals surface area contributed by atoms with Gasteiger partial charge in [-0.25, -0.2) is 4.98 Å². The number of anilines is 1. The molecule has 0 unspecified atom stereocenters. The Bertz CT molecular complexity index is 851. The lowest BCUT2D eigenvalue weighted by atomic mass is 10.2. The summed E-state index contributed by atoms with van der Waals surface area (Å²) >= 11 is 5.77. The smallest absolute Gasteiger partial charge is 0.138 e. The number of rotatable bonds is 8. The molecule has 0 atom stereocenters. The van der Waals surface area contributed by atoms with Gasteiger partial charge in [-0.15, -0.1) is 11.3 Å². The molecule has 132 valence electrons. The molecule has 7 heteroatoms. The van der Waals surface area contributed by atoms with Crippen LogP contribution in [0.3, 0.4) is 0 Å². The van der Waals surface area contributed by atoms with Crippen LogP contribution in [0.5, 0.6) is 11.5 Å². The summed E-state index contributed by atoms with van der Waals surface area (Å²) in [5.74, 6) is 1.87. The van der Waals surface area contributed by atoms with Gasteiger partial charge in [0.15, 0.2) is 0 Å². The predicted octanol–water partition coefficient (Wildman–Crippen LogP) is 3.61.